The van der Waals surface area contributed by atoms with Gasteiger partial charge in [0.05, 0.1) is 18.4 Å². The second kappa shape index (κ2) is 5.51. The van der Waals surface area contributed by atoms with Crippen molar-refractivity contribution in [2.75, 3.05) is 6.61 Å². The molecule has 0 radical (unpaired) electrons. The van der Waals surface area contributed by atoms with E-state index in [0.29, 0.717) is 13.0 Å². The van der Waals surface area contributed by atoms with Gasteiger partial charge in [-0.05, 0) is 17.7 Å². The number of nitrogens with zero attached hydrogens (tertiary/aromatic N) is 2. The number of halogens is 1. The van der Waals surface area contributed by atoms with Crippen LogP contribution < -0.4 is 4.74 Å². The van der Waals surface area contributed by atoms with Gasteiger partial charge in [0.1, 0.15) is 11.6 Å². The summed E-state index contributed by atoms with van der Waals surface area (Å²) in [6.45, 7) is 0.328. The van der Waals surface area contributed by atoms with Crippen LogP contribution >= 0.6 is 0 Å². The lowest BCUT2D eigenvalue weighted by Gasteiger charge is -2.06. The molecular formula is C13H13FN2O3. The molecule has 6 heteroatoms. The number of benzene rings is 1. The number of hydrogen-bond donors (Lipinski definition) is 1. The van der Waals surface area contributed by atoms with Gasteiger partial charge in [-0.3, -0.25) is 4.68 Å². The minimum Gasteiger partial charge on any atom is -0.493 e. The van der Waals surface area contributed by atoms with Crippen molar-refractivity contribution in [2.24, 2.45) is 7.05 Å². The van der Waals surface area contributed by atoms with Crippen LogP contribution in [0.15, 0.2) is 30.6 Å². The first-order valence-corrected chi connectivity index (χ1v) is 5.69. The Morgan fingerprint density at radius 1 is 1.47 bits per heavy atom. The van der Waals surface area contributed by atoms with Crippen molar-refractivity contribution in [3.05, 3.63) is 47.5 Å². The largest absolute Gasteiger partial charge is 0.493 e. The smallest absolute Gasteiger partial charge is 0.335 e. The van der Waals surface area contributed by atoms with E-state index in [1.165, 1.54) is 6.07 Å². The third-order valence-electron chi connectivity index (χ3n) is 2.54. The topological polar surface area (TPSA) is 64.3 Å². The molecule has 0 bridgehead atoms. The summed E-state index contributed by atoms with van der Waals surface area (Å²) in [4.78, 5) is 10.8. The second-order valence-electron chi connectivity index (χ2n) is 4.10. The molecule has 0 saturated heterocycles. The number of ether oxygens (including phenoxy) is 1. The molecule has 0 aliphatic heterocycles. The van der Waals surface area contributed by atoms with Crippen molar-refractivity contribution < 1.29 is 19.0 Å². The van der Waals surface area contributed by atoms with Gasteiger partial charge >= 0.3 is 5.97 Å². The minimum absolute atomic E-state index is 0.128. The van der Waals surface area contributed by atoms with Crippen LogP contribution in [0.3, 0.4) is 0 Å². The van der Waals surface area contributed by atoms with Crippen LogP contribution in [-0.4, -0.2) is 27.5 Å². The molecule has 1 aromatic carbocycles. The Balaban J connectivity index is 1.97. The first-order chi connectivity index (χ1) is 9.04. The number of aromatic carboxylic acids is 1. The molecule has 0 aliphatic carbocycles. The van der Waals surface area contributed by atoms with Gasteiger partial charge in [0.2, 0.25) is 0 Å². The Bertz CT molecular complexity index is 595. The number of hydrogen-bond acceptors (Lipinski definition) is 3. The van der Waals surface area contributed by atoms with Gasteiger partial charge in [0.15, 0.2) is 0 Å². The fourth-order valence-corrected chi connectivity index (χ4v) is 1.66. The molecule has 0 spiro atoms. The molecule has 1 heterocycles. The number of carboxylic acid groups (broad SMARTS) is 1. The third-order valence-corrected chi connectivity index (χ3v) is 2.54. The highest BCUT2D eigenvalue weighted by Gasteiger charge is 2.08. The molecule has 100 valence electrons. The summed E-state index contributed by atoms with van der Waals surface area (Å²) >= 11 is 0. The van der Waals surface area contributed by atoms with Crippen LogP contribution in [0.5, 0.6) is 5.75 Å². The average Bonchev–Trinajstić information content (AvgIpc) is 2.74. The summed E-state index contributed by atoms with van der Waals surface area (Å²) in [6, 6.07) is 3.42. The van der Waals surface area contributed by atoms with E-state index < -0.39 is 11.8 Å². The SMILES string of the molecule is Cn1cc(CCOc2cc(F)cc(C(=O)O)c2)cn1. The molecule has 1 N–H and O–H groups in total. The number of carbonyl (C=O) groups is 1. The first kappa shape index (κ1) is 13.1. The maximum atomic E-state index is 13.2. The Morgan fingerprint density at radius 2 is 2.26 bits per heavy atom. The van der Waals surface area contributed by atoms with E-state index in [-0.39, 0.29) is 11.3 Å². The fourth-order valence-electron chi connectivity index (χ4n) is 1.66. The van der Waals surface area contributed by atoms with Crippen molar-refractivity contribution in [1.29, 1.82) is 0 Å². The second-order valence-corrected chi connectivity index (χ2v) is 4.10. The number of carboxylic acids is 1. The van der Waals surface area contributed by atoms with Crippen LogP contribution in [0.25, 0.3) is 0 Å². The molecular weight excluding hydrogens is 251 g/mol. The molecule has 2 rings (SSSR count). The fraction of sp³-hybridized carbons (Fsp3) is 0.231. The Kier molecular flexibility index (Phi) is 3.79. The van der Waals surface area contributed by atoms with E-state index in [0.717, 1.165) is 17.7 Å². The average molecular weight is 264 g/mol. The zero-order valence-electron chi connectivity index (χ0n) is 10.3. The maximum absolute atomic E-state index is 13.2. The van der Waals surface area contributed by atoms with Crippen molar-refractivity contribution in [1.82, 2.24) is 9.78 Å². The van der Waals surface area contributed by atoms with Crippen LogP contribution in [0.1, 0.15) is 15.9 Å². The molecule has 2 aromatic rings. The molecule has 0 atom stereocenters. The van der Waals surface area contributed by atoms with Crippen molar-refractivity contribution in [3.8, 4) is 5.75 Å². The Morgan fingerprint density at radius 3 is 2.89 bits per heavy atom. The number of aryl methyl sites for hydroxylation is 1. The lowest BCUT2D eigenvalue weighted by molar-refractivity contribution is 0.0695. The molecule has 0 saturated carbocycles. The zero-order valence-corrected chi connectivity index (χ0v) is 10.3. The van der Waals surface area contributed by atoms with Gasteiger partial charge in [0.25, 0.3) is 0 Å². The summed E-state index contributed by atoms with van der Waals surface area (Å²) in [7, 11) is 1.82. The molecule has 0 amide bonds. The van der Waals surface area contributed by atoms with Gasteiger partial charge in [-0.1, -0.05) is 0 Å². The van der Waals surface area contributed by atoms with E-state index >= 15 is 0 Å². The quantitative estimate of drug-likeness (QED) is 0.895. The van der Waals surface area contributed by atoms with Crippen LogP contribution in [0.2, 0.25) is 0 Å². The van der Waals surface area contributed by atoms with Gasteiger partial charge < -0.3 is 9.84 Å². The number of rotatable bonds is 5. The lowest BCUT2D eigenvalue weighted by atomic mass is 10.2. The van der Waals surface area contributed by atoms with Crippen molar-refractivity contribution in [3.63, 3.8) is 0 Å². The molecule has 19 heavy (non-hydrogen) atoms. The maximum Gasteiger partial charge on any atom is 0.335 e. The van der Waals surface area contributed by atoms with Crippen molar-refractivity contribution >= 4 is 5.97 Å². The third kappa shape index (κ3) is 3.54. The van der Waals surface area contributed by atoms with E-state index in [1.807, 2.05) is 13.2 Å². The molecule has 0 unspecified atom stereocenters. The zero-order chi connectivity index (χ0) is 13.8. The predicted octanol–water partition coefficient (Wildman–Crippen LogP) is 1.88. The summed E-state index contributed by atoms with van der Waals surface area (Å²) in [5.74, 6) is -1.60. The lowest BCUT2D eigenvalue weighted by Crippen LogP contribution is -2.03. The molecule has 0 aliphatic rings. The molecule has 0 fully saturated rings. The molecule has 1 aromatic heterocycles. The summed E-state index contributed by atoms with van der Waals surface area (Å²) in [5.41, 5.74) is 0.869. The van der Waals surface area contributed by atoms with Crippen LogP contribution in [-0.2, 0) is 13.5 Å². The summed E-state index contributed by atoms with van der Waals surface area (Å²) < 4.78 is 20.2. The summed E-state index contributed by atoms with van der Waals surface area (Å²) in [5, 5.41) is 12.8. The summed E-state index contributed by atoms with van der Waals surface area (Å²) in [6.07, 6.45) is 4.20. The normalized spacial score (nSPS) is 10.4. The van der Waals surface area contributed by atoms with E-state index in [9.17, 15) is 9.18 Å². The standard InChI is InChI=1S/C13H13FN2O3/c1-16-8-9(7-15-16)2-3-19-12-5-10(13(17)18)4-11(14)6-12/h4-8H,2-3H2,1H3,(H,17,18). The highest BCUT2D eigenvalue weighted by atomic mass is 19.1. The minimum atomic E-state index is -1.18. The monoisotopic (exact) mass is 264 g/mol. The van der Waals surface area contributed by atoms with Gasteiger partial charge in [0, 0.05) is 25.7 Å². The van der Waals surface area contributed by atoms with E-state index in [1.54, 1.807) is 10.9 Å². The molecule has 5 nitrogen and oxygen atoms in total. The van der Waals surface area contributed by atoms with Gasteiger partial charge in [-0.2, -0.15) is 5.10 Å². The predicted molar refractivity (Wildman–Crippen MR) is 65.8 cm³/mol. The first-order valence-electron chi connectivity index (χ1n) is 5.69. The highest BCUT2D eigenvalue weighted by molar-refractivity contribution is 5.88. The Hall–Kier alpha value is -2.37. The Labute approximate surface area is 109 Å². The number of aromatic nitrogens is 2. The van der Waals surface area contributed by atoms with Crippen molar-refractivity contribution in [2.45, 2.75) is 6.42 Å². The van der Waals surface area contributed by atoms with Gasteiger partial charge in [-0.15, -0.1) is 0 Å². The van der Waals surface area contributed by atoms with Crippen LogP contribution in [0.4, 0.5) is 4.39 Å². The van der Waals surface area contributed by atoms with E-state index in [2.05, 4.69) is 5.10 Å². The highest BCUT2D eigenvalue weighted by Crippen LogP contribution is 2.16. The van der Waals surface area contributed by atoms with Gasteiger partial charge in [-0.25, -0.2) is 9.18 Å². The van der Waals surface area contributed by atoms with Crippen LogP contribution in [0, 0.1) is 5.82 Å². The van der Waals surface area contributed by atoms with E-state index in [4.69, 9.17) is 9.84 Å².